The first-order valence-electron chi connectivity index (χ1n) is 14.0. The highest BCUT2D eigenvalue weighted by Crippen LogP contribution is 2.44. The number of carbonyl (C=O) groups is 2. The molecule has 0 spiro atoms. The first kappa shape index (κ1) is 26.5. The lowest BCUT2D eigenvalue weighted by Crippen LogP contribution is -2.58. The van der Waals surface area contributed by atoms with Gasteiger partial charge in [0.2, 0.25) is 5.91 Å². The fourth-order valence-electron chi connectivity index (χ4n) is 6.04. The Morgan fingerprint density at radius 1 is 1.02 bits per heavy atom. The highest BCUT2D eigenvalue weighted by atomic mass is 19.1. The van der Waals surface area contributed by atoms with Crippen LogP contribution in [0.1, 0.15) is 67.7 Å². The zero-order valence-corrected chi connectivity index (χ0v) is 22.1. The van der Waals surface area contributed by atoms with Gasteiger partial charge in [-0.05, 0) is 50.3 Å². The van der Waals surface area contributed by atoms with Gasteiger partial charge in [0, 0.05) is 49.7 Å². The molecule has 2 amide bonds. The van der Waals surface area contributed by atoms with Gasteiger partial charge in [-0.15, -0.1) is 0 Å². The molecule has 9 nitrogen and oxygen atoms in total. The molecule has 3 heterocycles. The monoisotopic (exact) mass is 550 g/mol. The van der Waals surface area contributed by atoms with Gasteiger partial charge in [0.25, 0.3) is 5.91 Å². The number of nitrogens with zero attached hydrogens (tertiary/aromatic N) is 4. The molecule has 40 heavy (non-hydrogen) atoms. The molecule has 210 valence electrons. The van der Waals surface area contributed by atoms with Crippen molar-refractivity contribution in [1.82, 2.24) is 30.7 Å². The normalized spacial score (nSPS) is 22.9. The Balaban J connectivity index is 1.19. The van der Waals surface area contributed by atoms with E-state index in [0.29, 0.717) is 24.8 Å². The van der Waals surface area contributed by atoms with E-state index in [0.717, 1.165) is 44.4 Å². The maximum Gasteiger partial charge on any atom is 0.273 e. The number of aromatic nitrogens is 3. The Morgan fingerprint density at radius 3 is 2.52 bits per heavy atom. The van der Waals surface area contributed by atoms with Gasteiger partial charge < -0.3 is 15.2 Å². The average molecular weight is 551 g/mol. The number of nitrogens with one attached hydrogen (secondary N) is 2. The van der Waals surface area contributed by atoms with Gasteiger partial charge >= 0.3 is 0 Å². The molecule has 1 aliphatic heterocycles. The Hall–Kier alpha value is -3.73. The number of benzene rings is 1. The minimum Gasteiger partial charge on any atom is -0.355 e. The van der Waals surface area contributed by atoms with E-state index >= 15 is 0 Å². The quantitative estimate of drug-likeness (QED) is 0.458. The van der Waals surface area contributed by atoms with Crippen LogP contribution in [0.2, 0.25) is 0 Å². The highest BCUT2D eigenvalue weighted by Gasteiger charge is 2.50. The lowest BCUT2D eigenvalue weighted by atomic mass is 9.86. The van der Waals surface area contributed by atoms with Crippen molar-refractivity contribution in [2.75, 3.05) is 13.1 Å². The van der Waals surface area contributed by atoms with E-state index in [-0.39, 0.29) is 22.9 Å². The smallest absolute Gasteiger partial charge is 0.273 e. The van der Waals surface area contributed by atoms with Crippen molar-refractivity contribution in [2.24, 2.45) is 5.92 Å². The number of halogens is 2. The van der Waals surface area contributed by atoms with E-state index in [1.165, 1.54) is 31.4 Å². The summed E-state index contributed by atoms with van der Waals surface area (Å²) in [4.78, 5) is 38.1. The van der Waals surface area contributed by atoms with Crippen molar-refractivity contribution in [3.63, 3.8) is 0 Å². The van der Waals surface area contributed by atoms with Gasteiger partial charge in [-0.3, -0.25) is 14.5 Å². The summed E-state index contributed by atoms with van der Waals surface area (Å²) in [5.74, 6) is -2.04. The van der Waals surface area contributed by atoms with Crippen molar-refractivity contribution in [3.05, 3.63) is 65.9 Å². The van der Waals surface area contributed by atoms with Crippen molar-refractivity contribution in [1.29, 1.82) is 0 Å². The predicted octanol–water partition coefficient (Wildman–Crippen LogP) is 3.97. The molecule has 3 aliphatic rings. The molecular weight excluding hydrogens is 518 g/mol. The Labute approximate surface area is 230 Å². The standard InChI is InChI=1S/C29H32F2N6O3/c30-18-7-8-20(22(31)15-18)25-16-24(36-40-25)27(39)34-23-9-14-37(19-5-2-1-3-6-19)17-21(23)26(38)35-29(10-11-29)28-32-12-4-13-33-28/h4,7-8,12-13,15-16,19,21,23H,1-3,5-6,9-11,14,17H2,(H,34,39)(H,35,38). The fraction of sp³-hybridized carbons (Fsp3) is 0.483. The first-order valence-corrected chi connectivity index (χ1v) is 14.0. The Bertz CT molecular complexity index is 1370. The van der Waals surface area contributed by atoms with Crippen LogP contribution in [0.3, 0.4) is 0 Å². The molecule has 3 fully saturated rings. The molecule has 2 atom stereocenters. The van der Waals surface area contributed by atoms with E-state index in [4.69, 9.17) is 4.52 Å². The summed E-state index contributed by atoms with van der Waals surface area (Å²) in [5, 5.41) is 10.0. The third kappa shape index (κ3) is 5.47. The van der Waals surface area contributed by atoms with Crippen LogP contribution in [0, 0.1) is 17.6 Å². The van der Waals surface area contributed by atoms with E-state index in [9.17, 15) is 18.4 Å². The van der Waals surface area contributed by atoms with E-state index in [1.54, 1.807) is 18.5 Å². The van der Waals surface area contributed by atoms with E-state index in [1.807, 2.05) is 0 Å². The lowest BCUT2D eigenvalue weighted by Gasteiger charge is -2.43. The minimum absolute atomic E-state index is 0.00357. The molecule has 1 aromatic carbocycles. The lowest BCUT2D eigenvalue weighted by molar-refractivity contribution is -0.129. The summed E-state index contributed by atoms with van der Waals surface area (Å²) in [5.41, 5.74) is -0.604. The molecule has 3 aromatic rings. The van der Waals surface area contributed by atoms with Gasteiger partial charge in [-0.25, -0.2) is 18.7 Å². The van der Waals surface area contributed by atoms with Crippen LogP contribution in [-0.2, 0) is 10.3 Å². The molecule has 2 aliphatic carbocycles. The second-order valence-corrected chi connectivity index (χ2v) is 11.1. The van der Waals surface area contributed by atoms with Crippen LogP contribution in [-0.4, -0.2) is 57.0 Å². The molecule has 11 heteroatoms. The van der Waals surface area contributed by atoms with Crippen LogP contribution >= 0.6 is 0 Å². The minimum atomic E-state index is -0.814. The summed E-state index contributed by atoms with van der Waals surface area (Å²) >= 11 is 0. The third-order valence-electron chi connectivity index (χ3n) is 8.43. The summed E-state index contributed by atoms with van der Waals surface area (Å²) in [6.07, 6.45) is 11.3. The molecular formula is C29H32F2N6O3. The SMILES string of the molecule is O=C(NC1CCN(C2CCCCC2)CC1C(=O)NC1(c2ncccn2)CC1)c1cc(-c2ccc(F)cc2F)on1. The molecule has 2 N–H and O–H groups in total. The Kier molecular flexibility index (Phi) is 7.31. The number of hydrogen-bond acceptors (Lipinski definition) is 7. The fourth-order valence-corrected chi connectivity index (χ4v) is 6.04. The molecule has 6 rings (SSSR count). The maximum atomic E-state index is 14.2. The van der Waals surface area contributed by atoms with Gasteiger partial charge in [0.05, 0.1) is 17.0 Å². The molecule has 1 saturated heterocycles. The summed E-state index contributed by atoms with van der Waals surface area (Å²) < 4.78 is 32.7. The van der Waals surface area contributed by atoms with Gasteiger partial charge in [-0.2, -0.15) is 0 Å². The largest absolute Gasteiger partial charge is 0.355 e. The van der Waals surface area contributed by atoms with E-state index < -0.39 is 35.0 Å². The number of carbonyl (C=O) groups excluding carboxylic acids is 2. The molecule has 0 radical (unpaired) electrons. The van der Waals surface area contributed by atoms with Crippen LogP contribution in [0.15, 0.2) is 47.2 Å². The van der Waals surface area contributed by atoms with Crippen LogP contribution in [0.4, 0.5) is 8.78 Å². The van der Waals surface area contributed by atoms with Crippen molar-refractivity contribution >= 4 is 11.8 Å². The second-order valence-electron chi connectivity index (χ2n) is 11.1. The van der Waals surface area contributed by atoms with E-state index in [2.05, 4.69) is 30.7 Å². The summed E-state index contributed by atoms with van der Waals surface area (Å²) in [6.45, 7) is 1.31. The zero-order chi connectivity index (χ0) is 27.7. The average Bonchev–Trinajstić information content (AvgIpc) is 3.59. The number of piperidine rings is 1. The Morgan fingerprint density at radius 2 is 1.80 bits per heavy atom. The van der Waals surface area contributed by atoms with Gasteiger partial charge in [0.15, 0.2) is 17.3 Å². The maximum absolute atomic E-state index is 14.2. The van der Waals surface area contributed by atoms with Crippen molar-refractivity contribution < 1.29 is 22.9 Å². The molecule has 2 saturated carbocycles. The van der Waals surface area contributed by atoms with Crippen molar-refractivity contribution in [2.45, 2.75) is 69.0 Å². The van der Waals surface area contributed by atoms with Gasteiger partial charge in [-0.1, -0.05) is 24.4 Å². The van der Waals surface area contributed by atoms with Crippen LogP contribution in [0.5, 0.6) is 0 Å². The topological polar surface area (TPSA) is 113 Å². The molecule has 2 aromatic heterocycles. The number of rotatable bonds is 7. The third-order valence-corrected chi connectivity index (χ3v) is 8.43. The molecule has 0 bridgehead atoms. The molecule has 2 unspecified atom stereocenters. The number of likely N-dealkylation sites (tertiary alicyclic amines) is 1. The highest BCUT2D eigenvalue weighted by molar-refractivity contribution is 5.94. The van der Waals surface area contributed by atoms with Crippen LogP contribution < -0.4 is 10.6 Å². The predicted molar refractivity (Wildman–Crippen MR) is 141 cm³/mol. The first-order chi connectivity index (χ1) is 19.4. The zero-order valence-electron chi connectivity index (χ0n) is 22.1. The summed E-state index contributed by atoms with van der Waals surface area (Å²) in [6, 6.07) is 6.17. The number of amides is 2. The van der Waals surface area contributed by atoms with Crippen LogP contribution in [0.25, 0.3) is 11.3 Å². The number of hydrogen-bond donors (Lipinski definition) is 2. The van der Waals surface area contributed by atoms with Crippen molar-refractivity contribution in [3.8, 4) is 11.3 Å². The summed E-state index contributed by atoms with van der Waals surface area (Å²) in [7, 11) is 0. The van der Waals surface area contributed by atoms with Gasteiger partial charge in [0.1, 0.15) is 11.6 Å². The second kappa shape index (κ2) is 11.0.